The monoisotopic (exact) mass is 380 g/mol. The number of carbonyl (C=O) groups is 2. The van der Waals surface area contributed by atoms with Gasteiger partial charge < -0.3 is 9.80 Å². The molecular formula is C23H25FN2O2. The van der Waals surface area contributed by atoms with Crippen molar-refractivity contribution in [2.75, 3.05) is 26.2 Å². The Kier molecular flexibility index (Phi) is 5.16. The normalized spacial score (nSPS) is 21.5. The van der Waals surface area contributed by atoms with E-state index in [0.717, 1.165) is 18.4 Å². The van der Waals surface area contributed by atoms with Gasteiger partial charge in [-0.15, -0.1) is 0 Å². The number of hydrogen-bond donors (Lipinski definition) is 0. The highest BCUT2D eigenvalue weighted by Gasteiger charge is 2.46. The van der Waals surface area contributed by atoms with Gasteiger partial charge in [0.15, 0.2) is 0 Å². The van der Waals surface area contributed by atoms with Crippen LogP contribution < -0.4 is 0 Å². The Hall–Kier alpha value is -2.69. The topological polar surface area (TPSA) is 40.6 Å². The van der Waals surface area contributed by atoms with Crippen LogP contribution >= 0.6 is 0 Å². The van der Waals surface area contributed by atoms with Crippen molar-refractivity contribution in [3.63, 3.8) is 0 Å². The molecule has 5 heteroatoms. The minimum atomic E-state index is -0.252. The molecular weight excluding hydrogens is 355 g/mol. The fraction of sp³-hybridized carbons (Fsp3) is 0.391. The quantitative estimate of drug-likeness (QED) is 0.815. The van der Waals surface area contributed by atoms with Crippen molar-refractivity contribution in [3.05, 3.63) is 71.0 Å². The number of amides is 2. The summed E-state index contributed by atoms with van der Waals surface area (Å²) in [6, 6.07) is 14.2. The first kappa shape index (κ1) is 18.7. The second-order valence-corrected chi connectivity index (χ2v) is 7.67. The lowest BCUT2D eigenvalue weighted by atomic mass is 10.1. The third-order valence-electron chi connectivity index (χ3n) is 5.89. The maximum atomic E-state index is 13.1. The zero-order chi connectivity index (χ0) is 19.7. The van der Waals surface area contributed by atoms with Gasteiger partial charge >= 0.3 is 0 Å². The minimum absolute atomic E-state index is 0.00528. The summed E-state index contributed by atoms with van der Waals surface area (Å²) in [6.07, 6.45) is 1.78. The number of benzene rings is 2. The molecule has 1 aliphatic carbocycles. The summed E-state index contributed by atoms with van der Waals surface area (Å²) in [5.41, 5.74) is 2.95. The molecule has 0 N–H and O–H groups in total. The van der Waals surface area contributed by atoms with Gasteiger partial charge in [0.1, 0.15) is 5.82 Å². The average molecular weight is 380 g/mol. The first-order valence-corrected chi connectivity index (χ1v) is 9.99. The zero-order valence-corrected chi connectivity index (χ0v) is 16.1. The average Bonchev–Trinajstić information content (AvgIpc) is 3.54. The first-order valence-electron chi connectivity index (χ1n) is 9.99. The van der Waals surface area contributed by atoms with Crippen LogP contribution in [0, 0.1) is 11.7 Å². The smallest absolute Gasteiger partial charge is 0.253 e. The number of aryl methyl sites for hydroxylation is 1. The molecule has 4 nitrogen and oxygen atoms in total. The van der Waals surface area contributed by atoms with Crippen LogP contribution in [0.5, 0.6) is 0 Å². The van der Waals surface area contributed by atoms with Crippen molar-refractivity contribution in [3.8, 4) is 0 Å². The maximum Gasteiger partial charge on any atom is 0.253 e. The van der Waals surface area contributed by atoms with Crippen molar-refractivity contribution >= 4 is 11.8 Å². The van der Waals surface area contributed by atoms with Crippen molar-refractivity contribution < 1.29 is 14.0 Å². The number of piperazine rings is 1. The Morgan fingerprint density at radius 3 is 2.14 bits per heavy atom. The molecule has 2 aromatic rings. The van der Waals surface area contributed by atoms with Crippen LogP contribution in [-0.4, -0.2) is 47.8 Å². The fourth-order valence-electron chi connectivity index (χ4n) is 3.98. The van der Waals surface area contributed by atoms with Gasteiger partial charge in [-0.3, -0.25) is 9.59 Å². The second-order valence-electron chi connectivity index (χ2n) is 7.67. The summed E-state index contributed by atoms with van der Waals surface area (Å²) < 4.78 is 13.1. The van der Waals surface area contributed by atoms with Gasteiger partial charge in [0.2, 0.25) is 5.91 Å². The van der Waals surface area contributed by atoms with E-state index in [0.29, 0.717) is 31.7 Å². The highest BCUT2D eigenvalue weighted by molar-refractivity contribution is 5.94. The summed E-state index contributed by atoms with van der Waals surface area (Å²) in [6.45, 7) is 4.37. The van der Waals surface area contributed by atoms with Crippen molar-refractivity contribution in [1.82, 2.24) is 9.80 Å². The van der Waals surface area contributed by atoms with Gasteiger partial charge in [-0.1, -0.05) is 31.2 Å². The van der Waals surface area contributed by atoms with Crippen LogP contribution in [-0.2, 0) is 11.2 Å². The van der Waals surface area contributed by atoms with E-state index >= 15 is 0 Å². The Morgan fingerprint density at radius 2 is 1.54 bits per heavy atom. The second kappa shape index (κ2) is 7.74. The Balaban J connectivity index is 1.31. The molecule has 0 spiro atoms. The Morgan fingerprint density at radius 1 is 0.929 bits per heavy atom. The van der Waals surface area contributed by atoms with Gasteiger partial charge in [-0.05, 0) is 54.2 Å². The molecule has 0 bridgehead atoms. The number of carbonyl (C=O) groups excluding carboxylic acids is 2. The molecule has 1 aliphatic heterocycles. The summed E-state index contributed by atoms with van der Waals surface area (Å²) >= 11 is 0. The van der Waals surface area contributed by atoms with Crippen LogP contribution in [0.15, 0.2) is 48.5 Å². The molecule has 2 amide bonds. The van der Waals surface area contributed by atoms with E-state index in [1.165, 1.54) is 17.7 Å². The predicted octanol–water partition coefficient (Wildman–Crippen LogP) is 3.48. The molecule has 1 saturated heterocycles. The lowest BCUT2D eigenvalue weighted by Crippen LogP contribution is -2.51. The lowest BCUT2D eigenvalue weighted by molar-refractivity contribution is -0.134. The fourth-order valence-corrected chi connectivity index (χ4v) is 3.98. The summed E-state index contributed by atoms with van der Waals surface area (Å²) in [4.78, 5) is 29.2. The molecule has 0 aromatic heterocycles. The molecule has 28 heavy (non-hydrogen) atoms. The maximum absolute atomic E-state index is 13.1. The van der Waals surface area contributed by atoms with Crippen LogP contribution in [0.2, 0.25) is 0 Å². The van der Waals surface area contributed by atoms with E-state index in [1.807, 2.05) is 34.1 Å². The van der Waals surface area contributed by atoms with Crippen molar-refractivity contribution in [2.24, 2.45) is 5.92 Å². The van der Waals surface area contributed by atoms with Crippen LogP contribution in [0.4, 0.5) is 4.39 Å². The van der Waals surface area contributed by atoms with Crippen molar-refractivity contribution in [1.29, 1.82) is 0 Å². The van der Waals surface area contributed by atoms with Crippen LogP contribution in [0.1, 0.15) is 40.7 Å². The van der Waals surface area contributed by atoms with Crippen molar-refractivity contribution in [2.45, 2.75) is 25.7 Å². The molecule has 2 atom stereocenters. The molecule has 146 valence electrons. The molecule has 2 fully saturated rings. The van der Waals surface area contributed by atoms with E-state index in [4.69, 9.17) is 0 Å². The zero-order valence-electron chi connectivity index (χ0n) is 16.1. The molecule has 2 aromatic carbocycles. The van der Waals surface area contributed by atoms with E-state index in [1.54, 1.807) is 12.1 Å². The molecule has 1 heterocycles. The predicted molar refractivity (Wildman–Crippen MR) is 106 cm³/mol. The molecule has 2 aliphatic rings. The summed E-state index contributed by atoms with van der Waals surface area (Å²) in [5, 5.41) is 0. The molecule has 2 unspecified atom stereocenters. The lowest BCUT2D eigenvalue weighted by Gasteiger charge is -2.35. The third kappa shape index (κ3) is 3.79. The van der Waals surface area contributed by atoms with Gasteiger partial charge in [0.05, 0.1) is 0 Å². The highest BCUT2D eigenvalue weighted by Crippen LogP contribution is 2.48. The molecule has 1 saturated carbocycles. The summed E-state index contributed by atoms with van der Waals surface area (Å²) in [5.74, 6) is 0.135. The van der Waals surface area contributed by atoms with Gasteiger partial charge in [-0.2, -0.15) is 0 Å². The molecule has 0 radical (unpaired) electrons. The van der Waals surface area contributed by atoms with E-state index in [9.17, 15) is 14.0 Å². The number of hydrogen-bond acceptors (Lipinski definition) is 2. The standard InChI is InChI=1S/C23H25FN2O2/c1-2-16-3-5-18(6-4-16)22(27)25-11-13-26(14-12-25)23(28)21-15-20(21)17-7-9-19(24)10-8-17/h3-10,20-21H,2,11-15H2,1H3. The van der Waals surface area contributed by atoms with Gasteiger partial charge in [0, 0.05) is 37.7 Å². The van der Waals surface area contributed by atoms with E-state index in [-0.39, 0.29) is 29.5 Å². The minimum Gasteiger partial charge on any atom is -0.339 e. The van der Waals surface area contributed by atoms with E-state index < -0.39 is 0 Å². The van der Waals surface area contributed by atoms with Crippen LogP contribution in [0.3, 0.4) is 0 Å². The Labute approximate surface area is 164 Å². The Bertz CT molecular complexity index is 855. The van der Waals surface area contributed by atoms with E-state index in [2.05, 4.69) is 6.92 Å². The largest absolute Gasteiger partial charge is 0.339 e. The van der Waals surface area contributed by atoms with Gasteiger partial charge in [0.25, 0.3) is 5.91 Å². The highest BCUT2D eigenvalue weighted by atomic mass is 19.1. The van der Waals surface area contributed by atoms with Gasteiger partial charge in [-0.25, -0.2) is 4.39 Å². The first-order chi connectivity index (χ1) is 13.6. The van der Waals surface area contributed by atoms with Crippen LogP contribution in [0.25, 0.3) is 0 Å². The SMILES string of the molecule is CCc1ccc(C(=O)N2CCN(C(=O)C3CC3c3ccc(F)cc3)CC2)cc1. The molecule has 4 rings (SSSR count). The third-order valence-corrected chi connectivity index (χ3v) is 5.89. The number of nitrogens with zero attached hydrogens (tertiary/aromatic N) is 2. The number of rotatable bonds is 4. The number of halogens is 1. The summed E-state index contributed by atoms with van der Waals surface area (Å²) in [7, 11) is 0.